The van der Waals surface area contributed by atoms with E-state index in [9.17, 15) is 9.90 Å². The monoisotopic (exact) mass is 267 g/mol. The quantitative estimate of drug-likeness (QED) is 0.852. The van der Waals surface area contributed by atoms with Gasteiger partial charge in [-0.25, -0.2) is 0 Å². The summed E-state index contributed by atoms with van der Waals surface area (Å²) in [5.74, 6) is 0.00488. The van der Waals surface area contributed by atoms with Gasteiger partial charge in [-0.05, 0) is 50.0 Å². The van der Waals surface area contributed by atoms with Crippen molar-refractivity contribution in [3.8, 4) is 0 Å². The largest absolute Gasteiger partial charge is 0.481 e. The molecule has 0 aromatic rings. The maximum absolute atomic E-state index is 11.5. The molecular weight excluding hydrogens is 238 g/mol. The van der Waals surface area contributed by atoms with E-state index in [4.69, 9.17) is 0 Å². The van der Waals surface area contributed by atoms with Gasteiger partial charge in [-0.2, -0.15) is 0 Å². The van der Waals surface area contributed by atoms with Gasteiger partial charge in [0, 0.05) is 12.6 Å². The van der Waals surface area contributed by atoms with Crippen LogP contribution in [0.25, 0.3) is 0 Å². The van der Waals surface area contributed by atoms with E-state index in [0.29, 0.717) is 5.41 Å². The molecule has 1 aliphatic carbocycles. The lowest BCUT2D eigenvalue weighted by atomic mass is 9.74. The molecule has 3 unspecified atom stereocenters. The smallest absolute Gasteiger partial charge is 0.308 e. The van der Waals surface area contributed by atoms with Crippen molar-refractivity contribution in [3.63, 3.8) is 0 Å². The molecule has 2 fully saturated rings. The van der Waals surface area contributed by atoms with Crippen LogP contribution in [0.1, 0.15) is 59.3 Å². The first-order valence-electron chi connectivity index (χ1n) is 7.90. The zero-order valence-corrected chi connectivity index (χ0v) is 12.7. The van der Waals surface area contributed by atoms with Gasteiger partial charge in [0.2, 0.25) is 0 Å². The van der Waals surface area contributed by atoms with Crippen LogP contribution in [0, 0.1) is 17.3 Å². The van der Waals surface area contributed by atoms with Gasteiger partial charge in [-0.1, -0.05) is 27.2 Å². The lowest BCUT2D eigenvalue weighted by Gasteiger charge is -2.47. The summed E-state index contributed by atoms with van der Waals surface area (Å²) in [4.78, 5) is 14.0. The molecule has 19 heavy (non-hydrogen) atoms. The second kappa shape index (κ2) is 5.82. The SMILES string of the molecule is CCC1CCC(C(=O)O)C(N2CCCC(C)(C)C2)C1. The lowest BCUT2D eigenvalue weighted by molar-refractivity contribution is -0.147. The Kier molecular flexibility index (Phi) is 4.54. The molecule has 3 heteroatoms. The molecule has 1 aliphatic heterocycles. The molecule has 1 N–H and O–H groups in total. The molecule has 0 amide bonds. The maximum Gasteiger partial charge on any atom is 0.308 e. The maximum atomic E-state index is 11.5. The Morgan fingerprint density at radius 1 is 1.37 bits per heavy atom. The lowest BCUT2D eigenvalue weighted by Crippen LogP contribution is -2.52. The Hall–Kier alpha value is -0.570. The molecule has 1 heterocycles. The van der Waals surface area contributed by atoms with Crippen LogP contribution >= 0.6 is 0 Å². The van der Waals surface area contributed by atoms with E-state index >= 15 is 0 Å². The van der Waals surface area contributed by atoms with Crippen LogP contribution in [-0.2, 0) is 4.79 Å². The number of aliphatic carboxylic acids is 1. The Balaban J connectivity index is 2.10. The molecular formula is C16H29NO2. The van der Waals surface area contributed by atoms with Crippen LogP contribution in [0.4, 0.5) is 0 Å². The fourth-order valence-corrected chi connectivity index (χ4v) is 4.05. The predicted molar refractivity (Wildman–Crippen MR) is 77.1 cm³/mol. The van der Waals surface area contributed by atoms with Crippen LogP contribution in [0.2, 0.25) is 0 Å². The molecule has 3 nitrogen and oxygen atoms in total. The van der Waals surface area contributed by atoms with Crippen molar-refractivity contribution in [2.24, 2.45) is 17.3 Å². The third kappa shape index (κ3) is 3.50. The van der Waals surface area contributed by atoms with Crippen molar-refractivity contribution in [3.05, 3.63) is 0 Å². The first-order chi connectivity index (χ1) is 8.93. The van der Waals surface area contributed by atoms with Crippen molar-refractivity contribution >= 4 is 5.97 Å². The van der Waals surface area contributed by atoms with Crippen LogP contribution < -0.4 is 0 Å². The standard InChI is InChI=1S/C16H29NO2/c1-4-12-6-7-13(15(18)19)14(10-12)17-9-5-8-16(2,3)11-17/h12-14H,4-11H2,1-3H3,(H,18,19). The number of rotatable bonds is 3. The first-order valence-corrected chi connectivity index (χ1v) is 7.90. The Labute approximate surface area is 117 Å². The summed E-state index contributed by atoms with van der Waals surface area (Å²) in [6.45, 7) is 9.03. The van der Waals surface area contributed by atoms with E-state index in [1.165, 1.54) is 19.3 Å². The Morgan fingerprint density at radius 3 is 2.68 bits per heavy atom. The average molecular weight is 267 g/mol. The number of likely N-dealkylation sites (tertiary alicyclic amines) is 1. The van der Waals surface area contributed by atoms with Gasteiger partial charge in [-0.15, -0.1) is 0 Å². The number of hydrogen-bond acceptors (Lipinski definition) is 2. The molecule has 110 valence electrons. The van der Waals surface area contributed by atoms with E-state index in [1.54, 1.807) is 0 Å². The van der Waals surface area contributed by atoms with Crippen LogP contribution in [0.5, 0.6) is 0 Å². The van der Waals surface area contributed by atoms with Crippen LogP contribution in [0.15, 0.2) is 0 Å². The van der Waals surface area contributed by atoms with Gasteiger partial charge in [-0.3, -0.25) is 9.69 Å². The topological polar surface area (TPSA) is 40.5 Å². The van der Waals surface area contributed by atoms with Crippen molar-refractivity contribution in [1.29, 1.82) is 0 Å². The molecule has 1 saturated heterocycles. The highest BCUT2D eigenvalue weighted by Crippen LogP contribution is 2.38. The summed E-state index contributed by atoms with van der Waals surface area (Å²) in [5.41, 5.74) is 0.348. The van der Waals surface area contributed by atoms with Crippen LogP contribution in [0.3, 0.4) is 0 Å². The number of carboxylic acid groups (broad SMARTS) is 1. The van der Waals surface area contributed by atoms with Crippen molar-refractivity contribution in [2.45, 2.75) is 65.3 Å². The number of hydrogen-bond donors (Lipinski definition) is 1. The third-order valence-corrected chi connectivity index (χ3v) is 5.22. The normalized spacial score (nSPS) is 36.1. The Morgan fingerprint density at radius 2 is 2.11 bits per heavy atom. The minimum Gasteiger partial charge on any atom is -0.481 e. The van der Waals surface area contributed by atoms with Gasteiger partial charge in [0.15, 0.2) is 0 Å². The van der Waals surface area contributed by atoms with Gasteiger partial charge in [0.1, 0.15) is 0 Å². The zero-order chi connectivity index (χ0) is 14.0. The number of carbonyl (C=O) groups is 1. The molecule has 0 aromatic carbocycles. The number of nitrogens with zero attached hydrogens (tertiary/aromatic N) is 1. The van der Waals surface area contributed by atoms with Gasteiger partial charge >= 0.3 is 5.97 Å². The van der Waals surface area contributed by atoms with E-state index < -0.39 is 5.97 Å². The van der Waals surface area contributed by atoms with E-state index in [2.05, 4.69) is 25.7 Å². The number of piperidine rings is 1. The second-order valence-corrected chi connectivity index (χ2v) is 7.34. The summed E-state index contributed by atoms with van der Waals surface area (Å²) in [6.07, 6.45) is 6.73. The van der Waals surface area contributed by atoms with Crippen LogP contribution in [-0.4, -0.2) is 35.1 Å². The molecule has 1 saturated carbocycles. The van der Waals surface area contributed by atoms with Gasteiger partial charge in [0.05, 0.1) is 5.92 Å². The highest BCUT2D eigenvalue weighted by Gasteiger charge is 2.40. The minimum atomic E-state index is -0.581. The van der Waals surface area contributed by atoms with Crippen molar-refractivity contribution < 1.29 is 9.90 Å². The van der Waals surface area contributed by atoms with E-state index in [0.717, 1.165) is 38.3 Å². The second-order valence-electron chi connectivity index (χ2n) is 7.34. The van der Waals surface area contributed by atoms with Crippen molar-refractivity contribution in [1.82, 2.24) is 4.90 Å². The fraction of sp³-hybridized carbons (Fsp3) is 0.938. The molecule has 0 aromatic heterocycles. The summed E-state index contributed by atoms with van der Waals surface area (Å²) in [7, 11) is 0. The number of carboxylic acids is 1. The van der Waals surface area contributed by atoms with Gasteiger partial charge < -0.3 is 5.11 Å². The molecule has 2 aliphatic rings. The van der Waals surface area contributed by atoms with E-state index in [-0.39, 0.29) is 12.0 Å². The van der Waals surface area contributed by atoms with Crippen molar-refractivity contribution in [2.75, 3.05) is 13.1 Å². The predicted octanol–water partition coefficient (Wildman–Crippen LogP) is 3.39. The van der Waals surface area contributed by atoms with Gasteiger partial charge in [0.25, 0.3) is 0 Å². The first kappa shape index (κ1) is 14.8. The molecule has 3 atom stereocenters. The highest BCUT2D eigenvalue weighted by molar-refractivity contribution is 5.71. The molecule has 0 spiro atoms. The summed E-state index contributed by atoms with van der Waals surface area (Å²) in [5, 5.41) is 9.50. The molecule has 2 rings (SSSR count). The average Bonchev–Trinajstić information content (AvgIpc) is 2.36. The Bertz CT molecular complexity index is 327. The third-order valence-electron chi connectivity index (χ3n) is 5.22. The summed E-state index contributed by atoms with van der Waals surface area (Å²) < 4.78 is 0. The summed E-state index contributed by atoms with van der Waals surface area (Å²) in [6, 6.07) is 0.274. The fourth-order valence-electron chi connectivity index (χ4n) is 4.05. The summed E-state index contributed by atoms with van der Waals surface area (Å²) >= 11 is 0. The van der Waals surface area contributed by atoms with E-state index in [1.807, 2.05) is 0 Å². The highest BCUT2D eigenvalue weighted by atomic mass is 16.4. The molecule has 0 radical (unpaired) electrons. The molecule has 0 bridgehead atoms. The minimum absolute atomic E-state index is 0.142. The zero-order valence-electron chi connectivity index (χ0n) is 12.7.